The molecule has 0 heterocycles. The van der Waals surface area contributed by atoms with Crippen LogP contribution < -0.4 is 15.4 Å². The molecule has 0 aliphatic heterocycles. The monoisotopic (exact) mass is 338 g/mol. The number of hydrogen-bond acceptors (Lipinski definition) is 5. The van der Waals surface area contributed by atoms with Gasteiger partial charge < -0.3 is 25.2 Å². The van der Waals surface area contributed by atoms with E-state index >= 15 is 0 Å². The molecule has 0 saturated carbocycles. The van der Waals surface area contributed by atoms with Crippen LogP contribution in [-0.4, -0.2) is 35.9 Å². The Kier molecular flexibility index (Phi) is 6.45. The molecule has 1 aromatic carbocycles. The summed E-state index contributed by atoms with van der Waals surface area (Å²) in [5.74, 6) is 0.232. The molecule has 0 aliphatic rings. The third kappa shape index (κ3) is 5.98. The Labute approximate surface area is 142 Å². The van der Waals surface area contributed by atoms with Gasteiger partial charge in [0.2, 0.25) is 5.91 Å². The van der Waals surface area contributed by atoms with Crippen molar-refractivity contribution in [1.29, 1.82) is 0 Å². The van der Waals surface area contributed by atoms with E-state index in [4.69, 9.17) is 9.47 Å². The minimum Gasteiger partial charge on any atom is -0.508 e. The van der Waals surface area contributed by atoms with Crippen LogP contribution in [-0.2, 0) is 9.53 Å². The van der Waals surface area contributed by atoms with Gasteiger partial charge >= 0.3 is 6.09 Å². The highest BCUT2D eigenvalue weighted by molar-refractivity contribution is 5.85. The molecule has 7 heteroatoms. The molecule has 134 valence electrons. The molecule has 1 aromatic rings. The summed E-state index contributed by atoms with van der Waals surface area (Å²) in [4.78, 5) is 23.9. The van der Waals surface area contributed by atoms with E-state index in [-0.39, 0.29) is 5.75 Å². The molecule has 0 saturated heterocycles. The molecule has 2 atom stereocenters. The zero-order valence-electron chi connectivity index (χ0n) is 15.0. The summed E-state index contributed by atoms with van der Waals surface area (Å²) in [5.41, 5.74) is -0.118. The van der Waals surface area contributed by atoms with Crippen molar-refractivity contribution in [2.75, 3.05) is 7.11 Å². The number of aromatic hydroxyl groups is 1. The number of amides is 2. The van der Waals surface area contributed by atoms with Gasteiger partial charge in [0, 0.05) is 5.56 Å². The Hall–Kier alpha value is -2.44. The molecule has 3 N–H and O–H groups in total. The number of methoxy groups -OCH3 is 1. The minimum atomic E-state index is -0.782. The van der Waals surface area contributed by atoms with E-state index < -0.39 is 29.7 Å². The van der Waals surface area contributed by atoms with E-state index in [1.165, 1.54) is 13.2 Å². The lowest BCUT2D eigenvalue weighted by Gasteiger charge is -2.23. The maximum absolute atomic E-state index is 12.2. The van der Waals surface area contributed by atoms with Crippen molar-refractivity contribution < 1.29 is 24.2 Å². The molecule has 7 nitrogen and oxygen atoms in total. The quantitative estimate of drug-likeness (QED) is 0.766. The van der Waals surface area contributed by atoms with Crippen LogP contribution in [0.25, 0.3) is 0 Å². The molecule has 0 fully saturated rings. The number of hydrogen-bond donors (Lipinski definition) is 3. The van der Waals surface area contributed by atoms with Crippen molar-refractivity contribution in [1.82, 2.24) is 10.6 Å². The second kappa shape index (κ2) is 7.90. The van der Waals surface area contributed by atoms with Crippen LogP contribution in [0.2, 0.25) is 0 Å². The number of rotatable bonds is 5. The Morgan fingerprint density at radius 3 is 2.33 bits per heavy atom. The normalized spacial score (nSPS) is 13.6. The predicted octanol–water partition coefficient (Wildman–Crippen LogP) is 2.49. The van der Waals surface area contributed by atoms with Gasteiger partial charge in [-0.05, 0) is 52.8 Å². The second-order valence-corrected chi connectivity index (χ2v) is 6.52. The molecule has 0 aromatic heterocycles. The van der Waals surface area contributed by atoms with Gasteiger partial charge in [0.15, 0.2) is 0 Å². The summed E-state index contributed by atoms with van der Waals surface area (Å²) < 4.78 is 10.2. The fraction of sp³-hybridized carbons (Fsp3) is 0.529. The third-order valence-corrected chi connectivity index (χ3v) is 3.19. The molecule has 0 aliphatic carbocycles. The number of phenolic OH excluding ortho intramolecular Hbond substituents is 1. The Bertz CT molecular complexity index is 595. The summed E-state index contributed by atoms with van der Waals surface area (Å²) in [5, 5.41) is 15.1. The van der Waals surface area contributed by atoms with Crippen LogP contribution in [0.1, 0.15) is 46.2 Å². The van der Waals surface area contributed by atoms with E-state index in [1.807, 2.05) is 0 Å². The van der Waals surface area contributed by atoms with Gasteiger partial charge in [-0.3, -0.25) is 4.79 Å². The second-order valence-electron chi connectivity index (χ2n) is 6.52. The number of phenols is 1. The smallest absolute Gasteiger partial charge is 0.408 e. The summed E-state index contributed by atoms with van der Waals surface area (Å²) in [6.07, 6.45) is -0.665. The molecular weight excluding hydrogens is 312 g/mol. The number of nitrogens with one attached hydrogen (secondary N) is 2. The number of carbonyl (C=O) groups excluding carboxylic acids is 2. The number of carbonyl (C=O) groups is 2. The van der Waals surface area contributed by atoms with Crippen LogP contribution in [0.5, 0.6) is 11.5 Å². The average Bonchev–Trinajstić information content (AvgIpc) is 2.45. The first-order valence-electron chi connectivity index (χ1n) is 7.70. The molecular formula is C17H26N2O5. The van der Waals surface area contributed by atoms with Gasteiger partial charge in [0.25, 0.3) is 0 Å². The summed E-state index contributed by atoms with van der Waals surface area (Å²) in [6.45, 7) is 8.50. The number of alkyl carbamates (subject to hydrolysis) is 1. The maximum atomic E-state index is 12.2. The molecule has 0 bridgehead atoms. The van der Waals surface area contributed by atoms with Crippen molar-refractivity contribution in [3.63, 3.8) is 0 Å². The average molecular weight is 338 g/mol. The fourth-order valence-electron chi connectivity index (χ4n) is 1.97. The molecule has 2 amide bonds. The van der Waals surface area contributed by atoms with Crippen LogP contribution >= 0.6 is 0 Å². The largest absolute Gasteiger partial charge is 0.508 e. The van der Waals surface area contributed by atoms with Crippen molar-refractivity contribution in [3.05, 3.63) is 23.8 Å². The Morgan fingerprint density at radius 2 is 1.79 bits per heavy atom. The Morgan fingerprint density at radius 1 is 1.17 bits per heavy atom. The van der Waals surface area contributed by atoms with Crippen molar-refractivity contribution >= 4 is 12.0 Å². The van der Waals surface area contributed by atoms with E-state index in [0.717, 1.165) is 0 Å². The zero-order valence-corrected chi connectivity index (χ0v) is 15.0. The van der Waals surface area contributed by atoms with Crippen LogP contribution in [0, 0.1) is 0 Å². The van der Waals surface area contributed by atoms with Gasteiger partial charge in [-0.15, -0.1) is 0 Å². The highest BCUT2D eigenvalue weighted by Gasteiger charge is 2.23. The van der Waals surface area contributed by atoms with Crippen molar-refractivity contribution in [2.45, 2.75) is 52.3 Å². The van der Waals surface area contributed by atoms with E-state index in [9.17, 15) is 14.7 Å². The zero-order chi connectivity index (χ0) is 18.5. The number of benzene rings is 1. The standard InChI is InChI=1S/C17H26N2O5/c1-10(13-9-12(23-6)7-8-14(13)20)18-15(21)11(2)19-16(22)24-17(3,4)5/h7-11,20H,1-6H3,(H,18,21)(H,19,22)/t10-,11+/m0/s1. The topological polar surface area (TPSA) is 96.9 Å². The molecule has 24 heavy (non-hydrogen) atoms. The molecule has 0 radical (unpaired) electrons. The minimum absolute atomic E-state index is 0.0522. The maximum Gasteiger partial charge on any atom is 0.408 e. The fourth-order valence-corrected chi connectivity index (χ4v) is 1.97. The highest BCUT2D eigenvalue weighted by Crippen LogP contribution is 2.28. The lowest BCUT2D eigenvalue weighted by molar-refractivity contribution is -0.123. The van der Waals surface area contributed by atoms with Crippen molar-refractivity contribution in [3.8, 4) is 11.5 Å². The van der Waals surface area contributed by atoms with E-state index in [2.05, 4.69) is 10.6 Å². The summed E-state index contributed by atoms with van der Waals surface area (Å²) in [6, 6.07) is 3.52. The summed E-state index contributed by atoms with van der Waals surface area (Å²) >= 11 is 0. The van der Waals surface area contributed by atoms with Gasteiger partial charge in [-0.1, -0.05) is 0 Å². The highest BCUT2D eigenvalue weighted by atomic mass is 16.6. The first-order valence-corrected chi connectivity index (χ1v) is 7.70. The lowest BCUT2D eigenvalue weighted by atomic mass is 10.1. The summed E-state index contributed by atoms with van der Waals surface area (Å²) in [7, 11) is 1.52. The SMILES string of the molecule is COc1ccc(O)c([C@H](C)NC(=O)[C@@H](C)NC(=O)OC(C)(C)C)c1. The van der Waals surface area contributed by atoms with Crippen LogP contribution in [0.4, 0.5) is 4.79 Å². The Balaban J connectivity index is 2.68. The lowest BCUT2D eigenvalue weighted by Crippen LogP contribution is -2.47. The number of ether oxygens (including phenoxy) is 2. The molecule has 0 spiro atoms. The van der Waals surface area contributed by atoms with Gasteiger partial charge in [-0.25, -0.2) is 4.79 Å². The molecule has 1 rings (SSSR count). The van der Waals surface area contributed by atoms with E-state index in [1.54, 1.807) is 46.8 Å². The van der Waals surface area contributed by atoms with Gasteiger partial charge in [0.05, 0.1) is 13.2 Å². The van der Waals surface area contributed by atoms with Gasteiger partial charge in [-0.2, -0.15) is 0 Å². The predicted molar refractivity (Wildman–Crippen MR) is 90.0 cm³/mol. The van der Waals surface area contributed by atoms with Crippen molar-refractivity contribution in [2.24, 2.45) is 0 Å². The first kappa shape index (κ1) is 19.6. The van der Waals surface area contributed by atoms with E-state index in [0.29, 0.717) is 11.3 Å². The van der Waals surface area contributed by atoms with Crippen LogP contribution in [0.3, 0.4) is 0 Å². The first-order chi connectivity index (χ1) is 11.0. The van der Waals surface area contributed by atoms with Crippen LogP contribution in [0.15, 0.2) is 18.2 Å². The molecule has 0 unspecified atom stereocenters. The van der Waals surface area contributed by atoms with Gasteiger partial charge in [0.1, 0.15) is 23.1 Å². The third-order valence-electron chi connectivity index (χ3n) is 3.19.